The van der Waals surface area contributed by atoms with Gasteiger partial charge < -0.3 is 6.92 Å². The molecule has 0 aliphatic carbocycles. The molecule has 2 unspecified atom stereocenters. The molecule has 0 spiro atoms. The average Bonchev–Trinajstić information content (AvgIpc) is 2.82. The first kappa shape index (κ1) is 34.2. The third kappa shape index (κ3) is 13.5. The summed E-state index contributed by atoms with van der Waals surface area (Å²) in [4.78, 5) is 0. The van der Waals surface area contributed by atoms with Gasteiger partial charge in [0, 0.05) is 20.4 Å². The molecule has 4 rings (SSSR count). The molecule has 0 saturated carbocycles. The topological polar surface area (TPSA) is 0 Å². The Morgan fingerprint density at radius 3 is 1.00 bits per heavy atom. The van der Waals surface area contributed by atoms with Gasteiger partial charge in [0.25, 0.3) is 0 Å². The van der Waals surface area contributed by atoms with Crippen molar-refractivity contribution in [2.24, 2.45) is 0 Å². The minimum absolute atomic E-state index is 0. The number of benzene rings is 4. The standard InChI is InChI=1S/2C12H11P.C4H9.2ClH.Pd/c2*13-12-8-6-11(7-9-12)10-4-2-1-3-5-10;1-3-4-2;;;/h2*1-9H,13H2;1,3-4H2,2H3;2*1H;/q;;-1;;;. The van der Waals surface area contributed by atoms with E-state index >= 15 is 0 Å². The van der Waals surface area contributed by atoms with Gasteiger partial charge in [0.05, 0.1) is 0 Å². The molecule has 2 atom stereocenters. The first-order valence-electron chi connectivity index (χ1n) is 10.2. The van der Waals surface area contributed by atoms with Gasteiger partial charge >= 0.3 is 0 Å². The van der Waals surface area contributed by atoms with Crippen LogP contribution in [0, 0.1) is 6.92 Å². The van der Waals surface area contributed by atoms with Crippen molar-refractivity contribution >= 4 is 53.9 Å². The molecule has 0 radical (unpaired) electrons. The molecule has 180 valence electrons. The molecule has 0 aliphatic rings. The maximum absolute atomic E-state index is 3.60. The normalized spacial score (nSPS) is 8.73. The smallest absolute Gasteiger partial charge is 0 e. The zero-order valence-electron chi connectivity index (χ0n) is 18.8. The van der Waals surface area contributed by atoms with Gasteiger partial charge in [-0.3, -0.25) is 0 Å². The van der Waals surface area contributed by atoms with Crippen molar-refractivity contribution < 1.29 is 20.4 Å². The number of hydrogen-bond acceptors (Lipinski definition) is 0. The van der Waals surface area contributed by atoms with Gasteiger partial charge in [0.2, 0.25) is 0 Å². The molecular weight excluding hydrogens is 576 g/mol. The Kier molecular flexibility index (Phi) is 21.1. The molecule has 5 heteroatoms. The van der Waals surface area contributed by atoms with Crippen LogP contribution in [0.5, 0.6) is 0 Å². The van der Waals surface area contributed by atoms with Crippen LogP contribution in [0.4, 0.5) is 0 Å². The minimum Gasteiger partial charge on any atom is -0.343 e. The van der Waals surface area contributed by atoms with E-state index in [-0.39, 0.29) is 45.2 Å². The molecule has 0 aromatic heterocycles. The van der Waals surface area contributed by atoms with Crippen molar-refractivity contribution in [3.05, 3.63) is 116 Å². The van der Waals surface area contributed by atoms with Gasteiger partial charge in [-0.15, -0.1) is 43.3 Å². The van der Waals surface area contributed by atoms with Crippen molar-refractivity contribution in [1.82, 2.24) is 0 Å². The largest absolute Gasteiger partial charge is 0.343 e. The Morgan fingerprint density at radius 2 is 0.758 bits per heavy atom. The van der Waals surface area contributed by atoms with E-state index in [0.717, 1.165) is 6.42 Å². The van der Waals surface area contributed by atoms with Gasteiger partial charge in [-0.2, -0.15) is 6.42 Å². The fourth-order valence-corrected chi connectivity index (χ4v) is 3.00. The zero-order valence-corrected chi connectivity index (χ0v) is 24.3. The summed E-state index contributed by atoms with van der Waals surface area (Å²) in [7, 11) is 5.38. The third-order valence-electron chi connectivity index (χ3n) is 4.39. The second-order valence-electron chi connectivity index (χ2n) is 6.83. The summed E-state index contributed by atoms with van der Waals surface area (Å²) in [6.45, 7) is 5.72. The van der Waals surface area contributed by atoms with Crippen molar-refractivity contribution in [1.29, 1.82) is 0 Å². The van der Waals surface area contributed by atoms with Crippen LogP contribution in [0.15, 0.2) is 109 Å². The minimum atomic E-state index is 0. The molecule has 0 nitrogen and oxygen atoms in total. The van der Waals surface area contributed by atoms with Crippen molar-refractivity contribution in [3.8, 4) is 22.3 Å². The first-order valence-corrected chi connectivity index (χ1v) is 11.4. The van der Waals surface area contributed by atoms with Crippen molar-refractivity contribution in [3.63, 3.8) is 0 Å². The van der Waals surface area contributed by atoms with Crippen LogP contribution >= 0.6 is 43.3 Å². The summed E-state index contributed by atoms with van der Waals surface area (Å²) in [5, 5.41) is 2.44. The van der Waals surface area contributed by atoms with E-state index in [1.807, 2.05) is 12.1 Å². The Bertz CT molecular complexity index is 879. The second kappa shape index (κ2) is 20.4. The number of unbranched alkanes of at least 4 members (excludes halogenated alkanes) is 1. The fourth-order valence-electron chi connectivity index (χ4n) is 2.61. The predicted octanol–water partition coefficient (Wildman–Crippen LogP) is 8.17. The molecular formula is C28H33Cl2P2Pd-. The van der Waals surface area contributed by atoms with E-state index in [1.54, 1.807) is 0 Å². The summed E-state index contributed by atoms with van der Waals surface area (Å²) >= 11 is 0. The molecule has 33 heavy (non-hydrogen) atoms. The van der Waals surface area contributed by atoms with E-state index in [1.165, 1.54) is 39.3 Å². The average molecular weight is 609 g/mol. The molecule has 0 fully saturated rings. The summed E-state index contributed by atoms with van der Waals surface area (Å²) in [6, 6.07) is 37.8. The zero-order chi connectivity index (χ0) is 21.6. The molecule has 0 heterocycles. The summed E-state index contributed by atoms with van der Waals surface area (Å²) < 4.78 is 0. The molecule has 0 bridgehead atoms. The number of halogens is 2. The number of rotatable bonds is 3. The van der Waals surface area contributed by atoms with E-state index in [4.69, 9.17) is 0 Å². The van der Waals surface area contributed by atoms with Gasteiger partial charge in [-0.05, 0) is 32.9 Å². The van der Waals surface area contributed by atoms with E-state index in [0.29, 0.717) is 0 Å². The fraction of sp³-hybridized carbons (Fsp3) is 0.107. The van der Waals surface area contributed by atoms with Crippen LogP contribution in [0.25, 0.3) is 22.3 Å². The molecule has 0 amide bonds. The summed E-state index contributed by atoms with van der Waals surface area (Å²) in [6.07, 6.45) is 2.28. The SMILES string of the molecule is Cl.Cl.Pc1ccc(-c2ccccc2)cc1.Pc1ccc(-c2ccccc2)cc1.[CH2-]CCC.[Pd]. The number of hydrogen-bond donors (Lipinski definition) is 0. The quantitative estimate of drug-likeness (QED) is 0.125. The van der Waals surface area contributed by atoms with E-state index < -0.39 is 0 Å². The van der Waals surface area contributed by atoms with E-state index in [9.17, 15) is 0 Å². The molecule has 4 aromatic rings. The molecule has 0 N–H and O–H groups in total. The Morgan fingerprint density at radius 1 is 0.515 bits per heavy atom. The summed E-state index contributed by atoms with van der Waals surface area (Å²) in [5.41, 5.74) is 5.08. The molecule has 4 aromatic carbocycles. The second-order valence-corrected chi connectivity index (χ2v) is 8.16. The van der Waals surface area contributed by atoms with Crippen LogP contribution in [0.3, 0.4) is 0 Å². The van der Waals surface area contributed by atoms with Crippen LogP contribution in [-0.4, -0.2) is 0 Å². The van der Waals surface area contributed by atoms with Crippen molar-refractivity contribution in [2.45, 2.75) is 19.8 Å². The molecule has 0 aliphatic heterocycles. The van der Waals surface area contributed by atoms with Crippen LogP contribution < -0.4 is 10.6 Å². The Labute approximate surface area is 231 Å². The maximum Gasteiger partial charge on any atom is 0 e. The Hall–Kier alpha value is -1.02. The van der Waals surface area contributed by atoms with Crippen LogP contribution in [0.1, 0.15) is 19.8 Å². The van der Waals surface area contributed by atoms with Gasteiger partial charge in [-0.1, -0.05) is 123 Å². The summed E-state index contributed by atoms with van der Waals surface area (Å²) in [5.74, 6) is 0. The van der Waals surface area contributed by atoms with Crippen molar-refractivity contribution in [2.75, 3.05) is 0 Å². The van der Waals surface area contributed by atoms with Crippen LogP contribution in [0.2, 0.25) is 0 Å². The third-order valence-corrected chi connectivity index (χ3v) is 5.16. The molecule has 0 saturated heterocycles. The first-order chi connectivity index (χ1) is 14.6. The predicted molar refractivity (Wildman–Crippen MR) is 157 cm³/mol. The monoisotopic (exact) mass is 607 g/mol. The van der Waals surface area contributed by atoms with E-state index in [2.05, 4.69) is 129 Å². The van der Waals surface area contributed by atoms with Gasteiger partial charge in [-0.25, -0.2) is 0 Å². The van der Waals surface area contributed by atoms with Gasteiger partial charge in [0.15, 0.2) is 0 Å². The Balaban J connectivity index is 0. The van der Waals surface area contributed by atoms with Crippen LogP contribution in [-0.2, 0) is 20.4 Å². The maximum atomic E-state index is 3.60. The van der Waals surface area contributed by atoms with Gasteiger partial charge in [0.1, 0.15) is 0 Å².